The Balaban J connectivity index is 2.84. The fourth-order valence-corrected chi connectivity index (χ4v) is 6.31. The first-order valence-corrected chi connectivity index (χ1v) is 13.3. The zero-order chi connectivity index (χ0) is 11.5. The van der Waals surface area contributed by atoms with E-state index in [0.717, 1.165) is 5.56 Å². The molecule has 1 rings (SSSR count). The Bertz CT molecular complexity index is 358. The minimum absolute atomic E-state index is 0.0245. The molecule has 0 aliphatic rings. The molecule has 82 valence electrons. The van der Waals surface area contributed by atoms with Crippen LogP contribution in [0.1, 0.15) is 12.5 Å². The normalized spacial score (nSPS) is 14.6. The first-order valence-electron chi connectivity index (χ1n) is 4.73. The molecule has 0 aliphatic carbocycles. The van der Waals surface area contributed by atoms with Crippen LogP contribution < -0.4 is 0 Å². The van der Waals surface area contributed by atoms with E-state index in [-0.39, 0.29) is 3.15 Å². The van der Waals surface area contributed by atoms with Crippen molar-refractivity contribution in [2.45, 2.75) is 20.7 Å². The van der Waals surface area contributed by atoms with E-state index >= 15 is 0 Å². The molecule has 0 fully saturated rings. The van der Waals surface area contributed by atoms with Crippen molar-refractivity contribution in [1.82, 2.24) is 4.98 Å². The van der Waals surface area contributed by atoms with Crippen molar-refractivity contribution in [3.05, 3.63) is 39.2 Å². The van der Waals surface area contributed by atoms with Gasteiger partial charge in [-0.25, -0.2) is 0 Å². The van der Waals surface area contributed by atoms with Gasteiger partial charge in [0.1, 0.15) is 0 Å². The molecule has 0 amide bonds. The zero-order valence-corrected chi connectivity index (χ0v) is 12.3. The Labute approximate surface area is 98.0 Å². The maximum absolute atomic E-state index is 11.0. The summed E-state index contributed by atoms with van der Waals surface area (Å²) in [4.78, 5) is 16.8. The Hall–Kier alpha value is -0.361. The van der Waals surface area contributed by atoms with Crippen LogP contribution in [-0.4, -0.2) is 26.8 Å². The number of halogens is 1. The summed E-state index contributed by atoms with van der Waals surface area (Å²) >= 11 is 2.46. The van der Waals surface area contributed by atoms with Gasteiger partial charge >= 0.3 is 98.3 Å². The summed E-state index contributed by atoms with van der Waals surface area (Å²) in [5.41, 5.74) is 0.927. The van der Waals surface area contributed by atoms with Gasteiger partial charge in [-0.3, -0.25) is 0 Å². The van der Waals surface area contributed by atoms with Crippen molar-refractivity contribution in [2.75, 3.05) is 0 Å². The summed E-state index contributed by atoms with van der Waals surface area (Å²) in [5, 5.41) is 11.4. The summed E-state index contributed by atoms with van der Waals surface area (Å²) in [5.74, 6) is 0. The molecule has 0 saturated carbocycles. The van der Waals surface area contributed by atoms with E-state index in [1.54, 1.807) is 12.3 Å². The predicted molar refractivity (Wildman–Crippen MR) is 62.0 cm³/mol. The van der Waals surface area contributed by atoms with Crippen molar-refractivity contribution in [3.8, 4) is 0 Å². The average Bonchev–Trinajstić information content (AvgIpc) is 2.21. The molecule has 0 aliphatic heterocycles. The van der Waals surface area contributed by atoms with Crippen LogP contribution in [0.3, 0.4) is 0 Å². The number of nitrogens with zero attached hydrogens (tertiary/aromatic N) is 2. The second-order valence-electron chi connectivity index (χ2n) is 3.77. The van der Waals surface area contributed by atoms with Crippen LogP contribution in [0.4, 0.5) is 0 Å². The predicted octanol–water partition coefficient (Wildman–Crippen LogP) is 2.69. The zero-order valence-electron chi connectivity index (χ0n) is 8.74. The van der Waals surface area contributed by atoms with Gasteiger partial charge in [0.15, 0.2) is 0 Å². The first-order chi connectivity index (χ1) is 6.98. The minimum atomic E-state index is -3.19. The van der Waals surface area contributed by atoms with Gasteiger partial charge in [0.25, 0.3) is 0 Å². The van der Waals surface area contributed by atoms with E-state index < -0.39 is 18.7 Å². The fourth-order valence-electron chi connectivity index (χ4n) is 1.27. The summed E-state index contributed by atoms with van der Waals surface area (Å²) in [6.45, 7) is 1.90. The van der Waals surface area contributed by atoms with Gasteiger partial charge in [0, 0.05) is 0 Å². The van der Waals surface area contributed by atoms with E-state index in [2.05, 4.69) is 4.98 Å². The monoisotopic (exact) mass is 336 g/mol. The molecule has 15 heavy (non-hydrogen) atoms. The standard InChI is InChI=1S/C6H5ClN.C2H5.CH3.NO2.Sn/c1-5-2-3-6(7)8-4-5;1-2;;2-1-3;/h2-4H,1H2;1H2,2H3;1H3;;. The molecule has 0 bridgehead atoms. The van der Waals surface area contributed by atoms with Gasteiger partial charge < -0.3 is 0 Å². The summed E-state index contributed by atoms with van der Waals surface area (Å²) in [6, 6.07) is 3.50. The Morgan fingerprint density at radius 1 is 1.60 bits per heavy atom. The third kappa shape index (κ3) is 3.31. The number of rotatable bonds is 4. The first kappa shape index (κ1) is 12.7. The number of aromatic nitrogens is 1. The molecule has 0 N–H and O–H groups in total. The molecule has 1 atom stereocenters. The van der Waals surface area contributed by atoms with Crippen LogP contribution in [0, 0.1) is 10.1 Å². The Kier molecular flexibility index (Phi) is 4.33. The molecular formula is C9H13ClN2O2Sn. The van der Waals surface area contributed by atoms with Crippen molar-refractivity contribution in [1.29, 1.82) is 0 Å². The van der Waals surface area contributed by atoms with Gasteiger partial charge in [-0.1, -0.05) is 0 Å². The summed E-state index contributed by atoms with van der Waals surface area (Å²) < 4.78 is 1.26. The number of nitro groups is 1. The Morgan fingerprint density at radius 3 is 2.67 bits per heavy atom. The molecule has 0 radical (unpaired) electrons. The Morgan fingerprint density at radius 2 is 2.27 bits per heavy atom. The van der Waals surface area contributed by atoms with Gasteiger partial charge in [-0.05, 0) is 0 Å². The van der Waals surface area contributed by atoms with Gasteiger partial charge in [-0.15, -0.1) is 0 Å². The van der Waals surface area contributed by atoms with Crippen LogP contribution in [0.15, 0.2) is 18.3 Å². The van der Waals surface area contributed by atoms with Crippen molar-refractivity contribution >= 4 is 30.3 Å². The van der Waals surface area contributed by atoms with Crippen LogP contribution >= 0.6 is 11.6 Å². The van der Waals surface area contributed by atoms with Crippen LogP contribution in [0.5, 0.6) is 0 Å². The van der Waals surface area contributed by atoms with E-state index in [1.807, 2.05) is 17.9 Å². The van der Waals surface area contributed by atoms with Gasteiger partial charge in [-0.2, -0.15) is 0 Å². The van der Waals surface area contributed by atoms with Crippen LogP contribution in [0.25, 0.3) is 0 Å². The van der Waals surface area contributed by atoms with E-state index in [0.29, 0.717) is 14.0 Å². The number of pyridine rings is 1. The third-order valence-electron chi connectivity index (χ3n) is 2.58. The molecule has 0 saturated heterocycles. The molecule has 0 aromatic carbocycles. The molecule has 1 aromatic heterocycles. The van der Waals surface area contributed by atoms with E-state index in [1.165, 1.54) is 0 Å². The number of hydrogen-bond donors (Lipinski definition) is 0. The second-order valence-corrected chi connectivity index (χ2v) is 16.8. The van der Waals surface area contributed by atoms with Crippen LogP contribution in [0.2, 0.25) is 14.5 Å². The SMILES string of the molecule is C[CH2][Sn]([CH3])([CH2]c1ccc(Cl)nc1)[N+](=O)[O-]. The topological polar surface area (TPSA) is 56.0 Å². The molecule has 1 aromatic rings. The van der Waals surface area contributed by atoms with Crippen LogP contribution in [-0.2, 0) is 4.44 Å². The fraction of sp³-hybridized carbons (Fsp3) is 0.444. The quantitative estimate of drug-likeness (QED) is 0.368. The van der Waals surface area contributed by atoms with Crippen molar-refractivity contribution in [2.24, 2.45) is 0 Å². The van der Waals surface area contributed by atoms with Crippen molar-refractivity contribution in [3.63, 3.8) is 0 Å². The maximum atomic E-state index is 11.0. The summed E-state index contributed by atoms with van der Waals surface area (Å²) in [7, 11) is 0. The molecule has 1 unspecified atom stereocenters. The molecule has 1 heterocycles. The summed E-state index contributed by atoms with van der Waals surface area (Å²) in [6.07, 6.45) is 1.64. The van der Waals surface area contributed by atoms with Crippen molar-refractivity contribution < 1.29 is 3.15 Å². The molecule has 4 nitrogen and oxygen atoms in total. The average molecular weight is 335 g/mol. The van der Waals surface area contributed by atoms with E-state index in [4.69, 9.17) is 11.6 Å². The molecule has 0 spiro atoms. The third-order valence-corrected chi connectivity index (χ3v) is 13.0. The van der Waals surface area contributed by atoms with Gasteiger partial charge in [0.2, 0.25) is 0 Å². The number of hydrogen-bond acceptors (Lipinski definition) is 3. The second kappa shape index (κ2) is 5.11. The van der Waals surface area contributed by atoms with Gasteiger partial charge in [0.05, 0.1) is 0 Å². The molecular weight excluding hydrogens is 322 g/mol. The van der Waals surface area contributed by atoms with E-state index in [9.17, 15) is 10.1 Å². The molecule has 6 heteroatoms.